The van der Waals surface area contributed by atoms with E-state index in [9.17, 15) is 10.1 Å². The number of rotatable bonds is 3. The Kier molecular flexibility index (Phi) is 4.10. The summed E-state index contributed by atoms with van der Waals surface area (Å²) in [5, 5.41) is 12.6. The fraction of sp³-hybridized carbons (Fsp3) is 0.500. The fourth-order valence-electron chi connectivity index (χ4n) is 2.64. The molecule has 1 aromatic carbocycles. The molecule has 4 heteroatoms. The van der Waals surface area contributed by atoms with E-state index in [4.69, 9.17) is 4.74 Å². The van der Waals surface area contributed by atoms with E-state index in [1.54, 1.807) is 0 Å². The van der Waals surface area contributed by atoms with Crippen LogP contribution in [0.2, 0.25) is 0 Å². The normalized spacial score (nSPS) is 29.1. The van der Waals surface area contributed by atoms with E-state index in [1.807, 2.05) is 51.1 Å². The molecule has 4 nitrogen and oxygen atoms in total. The predicted octanol–water partition coefficient (Wildman–Crippen LogP) is 2.57. The SMILES string of the molecule is CC(C)OC(=O)[C@]1(C)C[C@@H](C#N)[C@H](c2ccccc2)N1. The van der Waals surface area contributed by atoms with Crippen LogP contribution in [-0.4, -0.2) is 17.6 Å². The van der Waals surface area contributed by atoms with Crippen molar-refractivity contribution in [2.24, 2.45) is 5.92 Å². The maximum atomic E-state index is 12.2. The molecule has 0 aliphatic carbocycles. The van der Waals surface area contributed by atoms with Gasteiger partial charge in [-0.1, -0.05) is 30.3 Å². The van der Waals surface area contributed by atoms with Crippen LogP contribution in [0.1, 0.15) is 38.8 Å². The van der Waals surface area contributed by atoms with E-state index < -0.39 is 5.54 Å². The Morgan fingerprint density at radius 1 is 1.45 bits per heavy atom. The Hall–Kier alpha value is -1.86. The van der Waals surface area contributed by atoms with Crippen LogP contribution in [0.4, 0.5) is 0 Å². The number of nitrogens with zero attached hydrogens (tertiary/aromatic N) is 1. The largest absolute Gasteiger partial charge is 0.462 e. The summed E-state index contributed by atoms with van der Waals surface area (Å²) in [5.74, 6) is -0.520. The first-order valence-corrected chi connectivity index (χ1v) is 6.89. The molecule has 0 unspecified atom stereocenters. The molecule has 0 aromatic heterocycles. The zero-order valence-corrected chi connectivity index (χ0v) is 12.1. The fourth-order valence-corrected chi connectivity index (χ4v) is 2.64. The van der Waals surface area contributed by atoms with Crippen molar-refractivity contribution in [3.63, 3.8) is 0 Å². The van der Waals surface area contributed by atoms with E-state index in [-0.39, 0.29) is 24.0 Å². The molecule has 106 valence electrons. The summed E-state index contributed by atoms with van der Waals surface area (Å²) in [6, 6.07) is 11.9. The van der Waals surface area contributed by atoms with Gasteiger partial charge in [-0.15, -0.1) is 0 Å². The van der Waals surface area contributed by atoms with Gasteiger partial charge in [0.15, 0.2) is 0 Å². The van der Waals surface area contributed by atoms with Gasteiger partial charge in [-0.3, -0.25) is 10.1 Å². The van der Waals surface area contributed by atoms with Gasteiger partial charge < -0.3 is 4.74 Å². The molecule has 0 radical (unpaired) electrons. The van der Waals surface area contributed by atoms with Crippen LogP contribution in [0, 0.1) is 17.2 Å². The smallest absolute Gasteiger partial charge is 0.326 e. The highest BCUT2D eigenvalue weighted by Gasteiger charge is 2.48. The summed E-state index contributed by atoms with van der Waals surface area (Å²) in [5.41, 5.74) is 0.227. The average molecular weight is 272 g/mol. The maximum Gasteiger partial charge on any atom is 0.326 e. The van der Waals surface area contributed by atoms with Gasteiger partial charge in [0, 0.05) is 6.04 Å². The molecule has 1 aliphatic rings. The van der Waals surface area contributed by atoms with Crippen molar-refractivity contribution in [1.82, 2.24) is 5.32 Å². The Morgan fingerprint density at radius 2 is 2.10 bits per heavy atom. The van der Waals surface area contributed by atoms with Crippen LogP contribution in [0.15, 0.2) is 30.3 Å². The van der Waals surface area contributed by atoms with Crippen LogP contribution in [0.25, 0.3) is 0 Å². The van der Waals surface area contributed by atoms with Crippen LogP contribution in [0.3, 0.4) is 0 Å². The molecule has 1 heterocycles. The molecule has 2 rings (SSSR count). The summed E-state index contributed by atoms with van der Waals surface area (Å²) in [6.45, 7) is 5.46. The third-order valence-electron chi connectivity index (χ3n) is 3.62. The number of hydrogen-bond donors (Lipinski definition) is 1. The zero-order chi connectivity index (χ0) is 14.8. The van der Waals surface area contributed by atoms with Crippen LogP contribution >= 0.6 is 0 Å². The van der Waals surface area contributed by atoms with Gasteiger partial charge in [0.1, 0.15) is 5.54 Å². The highest BCUT2D eigenvalue weighted by molar-refractivity contribution is 5.81. The molecule has 3 atom stereocenters. The summed E-state index contributed by atoms with van der Waals surface area (Å²) in [4.78, 5) is 12.2. The minimum absolute atomic E-state index is 0.133. The number of benzene rings is 1. The highest BCUT2D eigenvalue weighted by atomic mass is 16.5. The molecule has 1 aliphatic heterocycles. The van der Waals surface area contributed by atoms with Crippen molar-refractivity contribution in [1.29, 1.82) is 5.26 Å². The quantitative estimate of drug-likeness (QED) is 0.859. The second-order valence-corrected chi connectivity index (χ2v) is 5.76. The molecule has 0 bridgehead atoms. The van der Waals surface area contributed by atoms with Gasteiger partial charge >= 0.3 is 5.97 Å². The first-order chi connectivity index (χ1) is 9.46. The van der Waals surface area contributed by atoms with E-state index in [1.165, 1.54) is 0 Å². The molecule has 0 amide bonds. The molecule has 0 saturated carbocycles. The maximum absolute atomic E-state index is 12.2. The van der Waals surface area contributed by atoms with Crippen LogP contribution in [-0.2, 0) is 9.53 Å². The predicted molar refractivity (Wildman–Crippen MR) is 75.7 cm³/mol. The molecule has 1 N–H and O–H groups in total. The Morgan fingerprint density at radius 3 is 2.65 bits per heavy atom. The zero-order valence-electron chi connectivity index (χ0n) is 12.1. The van der Waals surface area contributed by atoms with E-state index in [2.05, 4.69) is 11.4 Å². The second kappa shape index (κ2) is 5.64. The molecule has 1 saturated heterocycles. The van der Waals surface area contributed by atoms with Gasteiger partial charge in [0.05, 0.1) is 18.1 Å². The van der Waals surface area contributed by atoms with Crippen molar-refractivity contribution >= 4 is 5.97 Å². The first-order valence-electron chi connectivity index (χ1n) is 6.89. The monoisotopic (exact) mass is 272 g/mol. The minimum Gasteiger partial charge on any atom is -0.462 e. The lowest BCUT2D eigenvalue weighted by molar-refractivity contribution is -0.154. The Bertz CT molecular complexity index is 521. The van der Waals surface area contributed by atoms with Crippen molar-refractivity contribution in [2.45, 2.75) is 44.9 Å². The summed E-state index contributed by atoms with van der Waals surface area (Å²) < 4.78 is 5.30. The van der Waals surface area contributed by atoms with Crippen molar-refractivity contribution in [2.75, 3.05) is 0 Å². The standard InChI is InChI=1S/C16H20N2O2/c1-11(2)20-15(19)16(3)9-13(10-17)14(18-16)12-7-5-4-6-8-12/h4-8,11,13-14,18H,9H2,1-3H3/t13-,14-,16-/m0/s1. The lowest BCUT2D eigenvalue weighted by Crippen LogP contribution is -2.47. The third-order valence-corrected chi connectivity index (χ3v) is 3.62. The van der Waals surface area contributed by atoms with Crippen LogP contribution < -0.4 is 5.32 Å². The van der Waals surface area contributed by atoms with Crippen molar-refractivity contribution < 1.29 is 9.53 Å². The first kappa shape index (κ1) is 14.5. The van der Waals surface area contributed by atoms with E-state index >= 15 is 0 Å². The topological polar surface area (TPSA) is 62.1 Å². The molecular weight excluding hydrogens is 252 g/mol. The van der Waals surface area contributed by atoms with E-state index in [0.717, 1.165) is 5.56 Å². The van der Waals surface area contributed by atoms with E-state index in [0.29, 0.717) is 6.42 Å². The summed E-state index contributed by atoms with van der Waals surface area (Å²) in [7, 11) is 0. The molecule has 0 spiro atoms. The lowest BCUT2D eigenvalue weighted by atomic mass is 9.91. The number of nitrogens with one attached hydrogen (secondary N) is 1. The number of carbonyl (C=O) groups is 1. The average Bonchev–Trinajstić information content (AvgIpc) is 2.78. The second-order valence-electron chi connectivity index (χ2n) is 5.76. The number of nitriles is 1. The van der Waals surface area contributed by atoms with Crippen molar-refractivity contribution in [3.05, 3.63) is 35.9 Å². The van der Waals surface area contributed by atoms with Gasteiger partial charge in [-0.2, -0.15) is 5.26 Å². The summed E-state index contributed by atoms with van der Waals surface area (Å²) >= 11 is 0. The number of hydrogen-bond acceptors (Lipinski definition) is 4. The number of ether oxygens (including phenoxy) is 1. The highest BCUT2D eigenvalue weighted by Crippen LogP contribution is 2.38. The molecule has 1 fully saturated rings. The van der Waals surface area contributed by atoms with Crippen LogP contribution in [0.5, 0.6) is 0 Å². The lowest BCUT2D eigenvalue weighted by Gasteiger charge is -2.25. The number of carbonyl (C=O) groups excluding carboxylic acids is 1. The van der Waals surface area contributed by atoms with Gasteiger partial charge in [-0.05, 0) is 32.8 Å². The third kappa shape index (κ3) is 2.83. The Labute approximate surface area is 119 Å². The molecule has 1 aromatic rings. The van der Waals surface area contributed by atoms with Crippen molar-refractivity contribution in [3.8, 4) is 6.07 Å². The van der Waals surface area contributed by atoms with Gasteiger partial charge in [0.25, 0.3) is 0 Å². The minimum atomic E-state index is -0.800. The summed E-state index contributed by atoms with van der Waals surface area (Å²) in [6.07, 6.45) is 0.312. The van der Waals surface area contributed by atoms with Gasteiger partial charge in [-0.25, -0.2) is 0 Å². The molecular formula is C16H20N2O2. The molecule has 20 heavy (non-hydrogen) atoms. The number of esters is 1. The Balaban J connectivity index is 2.22. The van der Waals surface area contributed by atoms with Gasteiger partial charge in [0.2, 0.25) is 0 Å².